The second kappa shape index (κ2) is 5.68. The van der Waals surface area contributed by atoms with Crippen molar-refractivity contribution in [3.8, 4) is 10.6 Å². The highest BCUT2D eigenvalue weighted by atomic mass is 32.1. The highest BCUT2D eigenvalue weighted by molar-refractivity contribution is 7.13. The van der Waals surface area contributed by atoms with E-state index >= 15 is 0 Å². The molecular formula is C19H13N5S. The lowest BCUT2D eigenvalue weighted by atomic mass is 10.1. The second-order valence-corrected chi connectivity index (χ2v) is 6.62. The van der Waals surface area contributed by atoms with Crippen molar-refractivity contribution in [2.75, 3.05) is 5.32 Å². The van der Waals surface area contributed by atoms with Crippen molar-refractivity contribution in [2.24, 2.45) is 0 Å². The summed E-state index contributed by atoms with van der Waals surface area (Å²) in [5, 5.41) is 6.55. The van der Waals surface area contributed by atoms with E-state index in [1.807, 2.05) is 28.8 Å². The number of hydrogen-bond donors (Lipinski definition) is 1. The van der Waals surface area contributed by atoms with Crippen molar-refractivity contribution in [1.29, 1.82) is 0 Å². The van der Waals surface area contributed by atoms with Gasteiger partial charge in [-0.3, -0.25) is 0 Å². The number of fused-ring (bicyclic) bond motifs is 2. The number of nitrogens with zero attached hydrogens (tertiary/aromatic N) is 4. The average molecular weight is 343 g/mol. The van der Waals surface area contributed by atoms with E-state index in [-0.39, 0.29) is 0 Å². The van der Waals surface area contributed by atoms with Gasteiger partial charge in [-0.05, 0) is 29.6 Å². The summed E-state index contributed by atoms with van der Waals surface area (Å²) in [5.41, 5.74) is 3.83. The molecule has 5 aromatic rings. The van der Waals surface area contributed by atoms with E-state index in [1.165, 1.54) is 4.88 Å². The van der Waals surface area contributed by atoms with Crippen molar-refractivity contribution in [3.05, 3.63) is 72.8 Å². The van der Waals surface area contributed by atoms with Crippen molar-refractivity contribution < 1.29 is 0 Å². The molecule has 0 aliphatic rings. The summed E-state index contributed by atoms with van der Waals surface area (Å²) >= 11 is 1.70. The molecule has 0 saturated carbocycles. The number of anilines is 2. The quantitative estimate of drug-likeness (QED) is 0.514. The van der Waals surface area contributed by atoms with Gasteiger partial charge in [0, 0.05) is 23.5 Å². The Labute approximate surface area is 147 Å². The molecule has 0 atom stereocenters. The smallest absolute Gasteiger partial charge is 0.156 e. The summed E-state index contributed by atoms with van der Waals surface area (Å²) in [5.74, 6) is 0.772. The number of thiophene rings is 1. The van der Waals surface area contributed by atoms with Crippen molar-refractivity contribution in [1.82, 2.24) is 19.4 Å². The van der Waals surface area contributed by atoms with Crippen LogP contribution < -0.4 is 5.32 Å². The molecular weight excluding hydrogens is 330 g/mol. The summed E-state index contributed by atoms with van der Waals surface area (Å²) in [6.07, 6.45) is 7.19. The minimum Gasteiger partial charge on any atom is -0.338 e. The Balaban J connectivity index is 1.56. The molecule has 0 fully saturated rings. The molecule has 5 nitrogen and oxygen atoms in total. The molecule has 0 unspecified atom stereocenters. The molecule has 0 aliphatic carbocycles. The van der Waals surface area contributed by atoms with Crippen LogP contribution in [0.25, 0.3) is 27.0 Å². The number of imidazole rings is 1. The summed E-state index contributed by atoms with van der Waals surface area (Å²) in [6.45, 7) is 0. The number of nitrogens with one attached hydrogen (secondary N) is 1. The number of aromatic nitrogens is 4. The topological polar surface area (TPSA) is 55.1 Å². The van der Waals surface area contributed by atoms with Gasteiger partial charge >= 0.3 is 0 Å². The Morgan fingerprint density at radius 3 is 2.96 bits per heavy atom. The zero-order chi connectivity index (χ0) is 16.6. The van der Waals surface area contributed by atoms with Crippen LogP contribution in [0.15, 0.2) is 72.8 Å². The van der Waals surface area contributed by atoms with E-state index in [4.69, 9.17) is 4.98 Å². The van der Waals surface area contributed by atoms with Crippen LogP contribution >= 0.6 is 11.3 Å². The minimum absolute atomic E-state index is 0.772. The predicted molar refractivity (Wildman–Crippen MR) is 101 cm³/mol. The molecule has 4 aromatic heterocycles. The number of rotatable bonds is 3. The molecule has 5 rings (SSSR count). The normalized spacial score (nSPS) is 11.2. The van der Waals surface area contributed by atoms with Crippen LogP contribution in [0.1, 0.15) is 0 Å². The van der Waals surface area contributed by atoms with E-state index < -0.39 is 0 Å². The summed E-state index contributed by atoms with van der Waals surface area (Å²) in [4.78, 5) is 14.6. The zero-order valence-corrected chi connectivity index (χ0v) is 13.9. The minimum atomic E-state index is 0.772. The maximum Gasteiger partial charge on any atom is 0.156 e. The van der Waals surface area contributed by atoms with E-state index in [2.05, 4.69) is 44.9 Å². The molecule has 4 heterocycles. The third-order valence-electron chi connectivity index (χ3n) is 4.07. The molecule has 0 aliphatic heterocycles. The number of hydrogen-bond acceptors (Lipinski definition) is 5. The van der Waals surface area contributed by atoms with Crippen molar-refractivity contribution in [2.45, 2.75) is 0 Å². The van der Waals surface area contributed by atoms with Gasteiger partial charge in [-0.1, -0.05) is 18.2 Å². The molecule has 0 bridgehead atoms. The second-order valence-electron chi connectivity index (χ2n) is 5.67. The van der Waals surface area contributed by atoms with Gasteiger partial charge in [0.25, 0.3) is 0 Å². The fraction of sp³-hybridized carbons (Fsp3) is 0. The van der Waals surface area contributed by atoms with Gasteiger partial charge in [0.2, 0.25) is 0 Å². The van der Waals surface area contributed by atoms with Crippen LogP contribution in [0.4, 0.5) is 11.5 Å². The lowest BCUT2D eigenvalue weighted by Gasteiger charge is -2.08. The molecule has 25 heavy (non-hydrogen) atoms. The largest absolute Gasteiger partial charge is 0.338 e. The van der Waals surface area contributed by atoms with E-state index in [9.17, 15) is 0 Å². The van der Waals surface area contributed by atoms with Crippen LogP contribution in [-0.2, 0) is 0 Å². The highest BCUT2D eigenvalue weighted by Crippen LogP contribution is 2.27. The first-order chi connectivity index (χ1) is 12.4. The monoisotopic (exact) mass is 343 g/mol. The third-order valence-corrected chi connectivity index (χ3v) is 4.96. The fourth-order valence-electron chi connectivity index (χ4n) is 2.84. The molecule has 0 amide bonds. The zero-order valence-electron chi connectivity index (χ0n) is 13.1. The Kier molecular flexibility index (Phi) is 3.21. The Bertz CT molecular complexity index is 1180. The van der Waals surface area contributed by atoms with E-state index in [0.717, 1.165) is 33.6 Å². The van der Waals surface area contributed by atoms with E-state index in [1.54, 1.807) is 30.1 Å². The van der Waals surface area contributed by atoms with Gasteiger partial charge in [-0.2, -0.15) is 0 Å². The van der Waals surface area contributed by atoms with Crippen LogP contribution in [0, 0.1) is 0 Å². The van der Waals surface area contributed by atoms with Gasteiger partial charge in [-0.25, -0.2) is 15.0 Å². The van der Waals surface area contributed by atoms with Gasteiger partial charge < -0.3 is 9.72 Å². The molecule has 0 saturated heterocycles. The van der Waals surface area contributed by atoms with Gasteiger partial charge in [0.15, 0.2) is 5.82 Å². The molecule has 0 radical (unpaired) electrons. The summed E-state index contributed by atoms with van der Waals surface area (Å²) in [7, 11) is 0. The highest BCUT2D eigenvalue weighted by Gasteiger charge is 2.06. The SMILES string of the molecule is c1csc(-c2ccc3ccc(Nc4nccn5cncc45)cc3n2)c1. The van der Waals surface area contributed by atoms with Crippen LogP contribution in [0.2, 0.25) is 0 Å². The Hall–Kier alpha value is -3.25. The number of benzene rings is 1. The van der Waals surface area contributed by atoms with Gasteiger partial charge in [0.1, 0.15) is 5.52 Å². The molecule has 120 valence electrons. The molecule has 6 heteroatoms. The lowest BCUT2D eigenvalue weighted by Crippen LogP contribution is -1.96. The standard InChI is InChI=1S/C19H13N5S/c1-2-18(25-9-1)15-6-4-13-3-5-14(10-16(13)23-15)22-19-17-11-20-12-24(17)8-7-21-19/h1-12H,(H,21,22). The Morgan fingerprint density at radius 1 is 1.08 bits per heavy atom. The van der Waals surface area contributed by atoms with Crippen LogP contribution in [-0.4, -0.2) is 19.4 Å². The van der Waals surface area contributed by atoms with Crippen LogP contribution in [0.3, 0.4) is 0 Å². The first-order valence-corrected chi connectivity index (χ1v) is 8.73. The summed E-state index contributed by atoms with van der Waals surface area (Å²) in [6, 6.07) is 14.5. The van der Waals surface area contributed by atoms with E-state index in [0.29, 0.717) is 0 Å². The third kappa shape index (κ3) is 2.53. The van der Waals surface area contributed by atoms with Crippen molar-refractivity contribution in [3.63, 3.8) is 0 Å². The van der Waals surface area contributed by atoms with Crippen molar-refractivity contribution >= 4 is 39.3 Å². The maximum absolute atomic E-state index is 4.80. The maximum atomic E-state index is 4.80. The summed E-state index contributed by atoms with van der Waals surface area (Å²) < 4.78 is 1.93. The van der Waals surface area contributed by atoms with Gasteiger partial charge in [-0.15, -0.1) is 11.3 Å². The first kappa shape index (κ1) is 14.1. The van der Waals surface area contributed by atoms with Crippen LogP contribution in [0.5, 0.6) is 0 Å². The predicted octanol–water partition coefficient (Wildman–Crippen LogP) is 4.75. The molecule has 1 N–H and O–H groups in total. The number of pyridine rings is 1. The lowest BCUT2D eigenvalue weighted by molar-refractivity contribution is 1.12. The first-order valence-electron chi connectivity index (χ1n) is 7.85. The fourth-order valence-corrected chi connectivity index (χ4v) is 3.54. The Morgan fingerprint density at radius 2 is 2.04 bits per heavy atom. The molecule has 1 aromatic carbocycles. The average Bonchev–Trinajstić information content (AvgIpc) is 3.33. The van der Waals surface area contributed by atoms with Gasteiger partial charge in [0.05, 0.1) is 28.6 Å². The molecule has 0 spiro atoms.